The number of nitrogens with one attached hydrogen (secondary N) is 2. The standard InChI is InChI=1S/C28H29F3N6O4S/c1-36-10-8-22(19(14-32)15-36)35-27(38)21-11-18(12-24-26(21)34-17-37(24)16-28(29,30)31)5-4-9-33-23-7-6-20(42(3,39)40)13-25(23)41-2/h6-7,11-13,17,19,22,33H,8-10,15-16H2,1-3H3,(H,35,38)/t19-,22-/m0/s1. The van der Waals surface area contributed by atoms with Gasteiger partial charge in [-0.3, -0.25) is 4.79 Å². The van der Waals surface area contributed by atoms with Gasteiger partial charge in [0.15, 0.2) is 9.84 Å². The number of rotatable bonds is 7. The molecule has 222 valence electrons. The molecule has 3 aromatic rings. The molecule has 2 aromatic carbocycles. The third kappa shape index (κ3) is 7.32. The van der Waals surface area contributed by atoms with E-state index in [-0.39, 0.29) is 33.6 Å². The SMILES string of the molecule is COc1cc(S(C)(=O)=O)ccc1NCC#Cc1cc(C(=O)N[C@H]2CCN(C)C[C@@H]2C#N)c2ncn(CC(F)(F)F)c2c1. The first kappa shape index (κ1) is 30.7. The maximum Gasteiger partial charge on any atom is 0.406 e. The number of amides is 1. The number of nitrogens with zero attached hydrogens (tertiary/aromatic N) is 4. The molecule has 42 heavy (non-hydrogen) atoms. The Morgan fingerprint density at radius 1 is 1.26 bits per heavy atom. The second-order valence-corrected chi connectivity index (χ2v) is 12.1. The number of likely N-dealkylation sites (tertiary alicyclic amines) is 1. The van der Waals surface area contributed by atoms with Gasteiger partial charge in [0, 0.05) is 30.5 Å². The van der Waals surface area contributed by atoms with Crippen LogP contribution in [0, 0.1) is 29.1 Å². The Hall–Kier alpha value is -4.27. The van der Waals surface area contributed by atoms with Gasteiger partial charge in [0.2, 0.25) is 0 Å². The molecule has 14 heteroatoms. The molecule has 1 aliphatic rings. The molecule has 2 atom stereocenters. The number of aromatic nitrogens is 2. The summed E-state index contributed by atoms with van der Waals surface area (Å²) in [5.41, 5.74) is 1.02. The largest absolute Gasteiger partial charge is 0.495 e. The lowest BCUT2D eigenvalue weighted by Crippen LogP contribution is -2.49. The topological polar surface area (TPSA) is 129 Å². The summed E-state index contributed by atoms with van der Waals surface area (Å²) in [4.78, 5) is 19.6. The van der Waals surface area contributed by atoms with Crippen LogP contribution in [0.25, 0.3) is 11.0 Å². The highest BCUT2D eigenvalue weighted by atomic mass is 32.2. The molecule has 0 unspecified atom stereocenters. The number of anilines is 1. The number of benzene rings is 2. The molecule has 2 heterocycles. The fourth-order valence-corrected chi connectivity index (χ4v) is 5.36. The van der Waals surface area contributed by atoms with Crippen molar-refractivity contribution in [3.63, 3.8) is 0 Å². The summed E-state index contributed by atoms with van der Waals surface area (Å²) in [6.45, 7) is -0.0521. The predicted molar refractivity (Wildman–Crippen MR) is 150 cm³/mol. The van der Waals surface area contributed by atoms with E-state index >= 15 is 0 Å². The van der Waals surface area contributed by atoms with Crippen molar-refractivity contribution in [1.29, 1.82) is 5.26 Å². The number of ether oxygens (including phenoxy) is 1. The number of alkyl halides is 3. The first-order valence-electron chi connectivity index (χ1n) is 12.8. The maximum atomic E-state index is 13.4. The third-order valence-electron chi connectivity index (χ3n) is 6.82. The zero-order chi connectivity index (χ0) is 30.7. The first-order valence-corrected chi connectivity index (χ1v) is 14.7. The van der Waals surface area contributed by atoms with Gasteiger partial charge in [-0.1, -0.05) is 11.8 Å². The average Bonchev–Trinajstić information content (AvgIpc) is 3.31. The number of hydrogen-bond donors (Lipinski definition) is 2. The van der Waals surface area contributed by atoms with E-state index in [4.69, 9.17) is 4.74 Å². The van der Waals surface area contributed by atoms with Crippen molar-refractivity contribution < 1.29 is 31.1 Å². The van der Waals surface area contributed by atoms with Crippen LogP contribution < -0.4 is 15.4 Å². The highest BCUT2D eigenvalue weighted by Crippen LogP contribution is 2.28. The molecule has 0 saturated carbocycles. The summed E-state index contributed by atoms with van der Waals surface area (Å²) < 4.78 is 69.6. The van der Waals surface area contributed by atoms with E-state index in [0.717, 1.165) is 17.2 Å². The van der Waals surface area contributed by atoms with Crippen molar-refractivity contribution in [3.8, 4) is 23.7 Å². The normalized spacial score (nSPS) is 17.6. The summed E-state index contributed by atoms with van der Waals surface area (Å²) in [6, 6.07) is 9.05. The highest BCUT2D eigenvalue weighted by molar-refractivity contribution is 7.90. The van der Waals surface area contributed by atoms with E-state index in [9.17, 15) is 31.6 Å². The van der Waals surface area contributed by atoms with Gasteiger partial charge in [0.1, 0.15) is 17.8 Å². The van der Waals surface area contributed by atoms with Gasteiger partial charge in [0.05, 0.1) is 53.6 Å². The van der Waals surface area contributed by atoms with Crippen molar-refractivity contribution in [1.82, 2.24) is 19.8 Å². The Morgan fingerprint density at radius 3 is 2.69 bits per heavy atom. The molecule has 0 aliphatic carbocycles. The molecular weight excluding hydrogens is 573 g/mol. The summed E-state index contributed by atoms with van der Waals surface area (Å²) in [6.07, 6.45) is -1.84. The van der Waals surface area contributed by atoms with Crippen molar-refractivity contribution in [3.05, 3.63) is 47.8 Å². The number of nitriles is 1. The number of methoxy groups -OCH3 is 1. The van der Waals surface area contributed by atoms with E-state index in [1.54, 1.807) is 6.07 Å². The van der Waals surface area contributed by atoms with E-state index in [0.29, 0.717) is 30.9 Å². The second-order valence-electron chi connectivity index (χ2n) is 10.0. The Kier molecular flexibility index (Phi) is 8.99. The van der Waals surface area contributed by atoms with Gasteiger partial charge in [-0.25, -0.2) is 13.4 Å². The lowest BCUT2D eigenvalue weighted by atomic mass is 9.93. The Bertz CT molecular complexity index is 1700. The number of halogens is 3. The van der Waals surface area contributed by atoms with Crippen LogP contribution in [0.15, 0.2) is 41.6 Å². The van der Waals surface area contributed by atoms with Gasteiger partial charge in [-0.15, -0.1) is 0 Å². The van der Waals surface area contributed by atoms with Crippen molar-refractivity contribution in [2.75, 3.05) is 45.4 Å². The van der Waals surface area contributed by atoms with E-state index in [1.165, 1.54) is 31.4 Å². The van der Waals surface area contributed by atoms with Crippen LogP contribution in [0.3, 0.4) is 0 Å². The summed E-state index contributed by atoms with van der Waals surface area (Å²) in [5.74, 6) is 5.05. The van der Waals surface area contributed by atoms with E-state index in [2.05, 4.69) is 33.5 Å². The molecule has 1 aliphatic heterocycles. The van der Waals surface area contributed by atoms with Gasteiger partial charge >= 0.3 is 6.18 Å². The molecule has 4 rings (SSSR count). The highest BCUT2D eigenvalue weighted by Gasteiger charge is 2.31. The number of hydrogen-bond acceptors (Lipinski definition) is 8. The van der Waals surface area contributed by atoms with Gasteiger partial charge < -0.3 is 24.8 Å². The molecule has 1 amide bonds. The smallest absolute Gasteiger partial charge is 0.406 e. The molecule has 1 fully saturated rings. The van der Waals surface area contributed by atoms with Crippen molar-refractivity contribution in [2.24, 2.45) is 5.92 Å². The lowest BCUT2D eigenvalue weighted by molar-refractivity contribution is -0.139. The minimum absolute atomic E-state index is 0.0549. The monoisotopic (exact) mass is 602 g/mol. The van der Waals surface area contributed by atoms with Crippen molar-refractivity contribution >= 4 is 32.5 Å². The Balaban J connectivity index is 1.62. The average molecular weight is 603 g/mol. The van der Waals surface area contributed by atoms with Crippen LogP contribution in [-0.4, -0.2) is 81.0 Å². The molecule has 1 aromatic heterocycles. The number of sulfone groups is 1. The summed E-state index contributed by atoms with van der Waals surface area (Å²) in [5, 5.41) is 15.5. The fourth-order valence-electron chi connectivity index (χ4n) is 4.73. The number of fused-ring (bicyclic) bond motifs is 1. The molecule has 1 saturated heterocycles. The van der Waals surface area contributed by atoms with Crippen LogP contribution in [0.1, 0.15) is 22.3 Å². The zero-order valence-corrected chi connectivity index (χ0v) is 23.9. The van der Waals surface area contributed by atoms with E-state index in [1.807, 2.05) is 11.9 Å². The number of carbonyl (C=O) groups is 1. The van der Waals surface area contributed by atoms with Crippen LogP contribution in [0.5, 0.6) is 5.75 Å². The molecule has 2 N–H and O–H groups in total. The number of imidazole rings is 1. The quantitative estimate of drug-likeness (QED) is 0.395. The van der Waals surface area contributed by atoms with Crippen LogP contribution in [0.4, 0.5) is 18.9 Å². The first-order chi connectivity index (χ1) is 19.8. The van der Waals surface area contributed by atoms with Gasteiger partial charge in [0.25, 0.3) is 5.91 Å². The minimum atomic E-state index is -4.51. The molecule has 0 bridgehead atoms. The molecular formula is C28H29F3N6O4S. The lowest BCUT2D eigenvalue weighted by Gasteiger charge is -2.33. The Morgan fingerprint density at radius 2 is 2.02 bits per heavy atom. The summed E-state index contributed by atoms with van der Waals surface area (Å²) >= 11 is 0. The summed E-state index contributed by atoms with van der Waals surface area (Å²) in [7, 11) is -0.150. The van der Waals surface area contributed by atoms with Crippen molar-refractivity contribution in [2.45, 2.75) is 30.1 Å². The molecule has 10 nitrogen and oxygen atoms in total. The fraction of sp³-hybridized carbons (Fsp3) is 0.393. The molecule has 0 radical (unpaired) electrons. The number of carbonyl (C=O) groups excluding carboxylic acids is 1. The second kappa shape index (κ2) is 12.3. The zero-order valence-electron chi connectivity index (χ0n) is 23.1. The minimum Gasteiger partial charge on any atom is -0.495 e. The number of piperidine rings is 1. The van der Waals surface area contributed by atoms with Crippen LogP contribution >= 0.6 is 0 Å². The predicted octanol–water partition coefficient (Wildman–Crippen LogP) is 3.05. The van der Waals surface area contributed by atoms with E-state index < -0.39 is 40.4 Å². The third-order valence-corrected chi connectivity index (χ3v) is 7.93. The van der Waals surface area contributed by atoms with Crippen LogP contribution in [0.2, 0.25) is 0 Å². The van der Waals surface area contributed by atoms with Gasteiger partial charge in [-0.2, -0.15) is 18.4 Å². The van der Waals surface area contributed by atoms with Crippen LogP contribution in [-0.2, 0) is 16.4 Å². The Labute approximate surface area is 241 Å². The maximum absolute atomic E-state index is 13.4. The molecule has 0 spiro atoms. The van der Waals surface area contributed by atoms with Gasteiger partial charge in [-0.05, 0) is 44.3 Å².